The minimum Gasteiger partial charge on any atom is -0.477 e. The van der Waals surface area contributed by atoms with Gasteiger partial charge in [0.2, 0.25) is 11.1 Å². The molecule has 10 heteroatoms. The molecule has 2 aliphatic rings. The fourth-order valence-electron chi connectivity index (χ4n) is 1.88. The highest BCUT2D eigenvalue weighted by Crippen LogP contribution is 2.44. The summed E-state index contributed by atoms with van der Waals surface area (Å²) in [5, 5.41) is 20.8. The van der Waals surface area contributed by atoms with Crippen LogP contribution in [0.5, 0.6) is 0 Å². The molecule has 1 saturated heterocycles. The molecule has 0 unspecified atom stereocenters. The lowest BCUT2D eigenvalue weighted by Gasteiger charge is -2.43. The number of carboxylic acid groups (broad SMARTS) is 1. The number of hydrogen-bond donors (Lipinski definition) is 1. The molecule has 100 valence electrons. The van der Waals surface area contributed by atoms with Gasteiger partial charge in [-0.05, 0) is 22.2 Å². The molecule has 1 aromatic rings. The maximum absolute atomic E-state index is 11.6. The molecule has 19 heavy (non-hydrogen) atoms. The van der Waals surface area contributed by atoms with E-state index in [-0.39, 0.29) is 17.0 Å². The Morgan fingerprint density at radius 1 is 1.58 bits per heavy atom. The number of carboxylic acids is 1. The second-order valence-electron chi connectivity index (χ2n) is 4.00. The standard InChI is InChI=1S/C9H9N5O3S2/c1-13-9(10-11-12-13)19-4-3-18-6-2-5(15)14(6)7(4)8(16)17/h6H,2-3H2,1H3,(H,16,17)/t6-/m1/s1. The molecule has 0 bridgehead atoms. The van der Waals surface area contributed by atoms with E-state index in [1.54, 1.807) is 18.8 Å². The molecule has 0 aromatic carbocycles. The van der Waals surface area contributed by atoms with Gasteiger partial charge in [-0.15, -0.1) is 16.9 Å². The van der Waals surface area contributed by atoms with E-state index in [1.807, 2.05) is 0 Å². The van der Waals surface area contributed by atoms with Gasteiger partial charge >= 0.3 is 5.97 Å². The van der Waals surface area contributed by atoms with Crippen molar-refractivity contribution < 1.29 is 14.7 Å². The van der Waals surface area contributed by atoms with Crippen molar-refractivity contribution in [1.82, 2.24) is 25.1 Å². The van der Waals surface area contributed by atoms with Crippen LogP contribution < -0.4 is 0 Å². The number of aliphatic carboxylic acids is 1. The molecule has 8 nitrogen and oxygen atoms in total. The molecule has 3 rings (SSSR count). The monoisotopic (exact) mass is 299 g/mol. The van der Waals surface area contributed by atoms with E-state index in [4.69, 9.17) is 0 Å². The van der Waals surface area contributed by atoms with Crippen LogP contribution in [0.3, 0.4) is 0 Å². The van der Waals surface area contributed by atoms with E-state index in [1.165, 1.54) is 21.3 Å². The van der Waals surface area contributed by atoms with Crippen LogP contribution in [0.25, 0.3) is 0 Å². The van der Waals surface area contributed by atoms with Crippen molar-refractivity contribution in [3.8, 4) is 0 Å². The first kappa shape index (κ1) is 12.5. The van der Waals surface area contributed by atoms with Crippen molar-refractivity contribution in [2.24, 2.45) is 7.05 Å². The topological polar surface area (TPSA) is 101 Å². The second-order valence-corrected chi connectivity index (χ2v) is 6.23. The lowest BCUT2D eigenvalue weighted by Crippen LogP contribution is -2.53. The molecule has 1 aromatic heterocycles. The van der Waals surface area contributed by atoms with Gasteiger partial charge in [0, 0.05) is 17.7 Å². The van der Waals surface area contributed by atoms with Gasteiger partial charge in [-0.2, -0.15) is 0 Å². The van der Waals surface area contributed by atoms with E-state index in [2.05, 4.69) is 15.5 Å². The van der Waals surface area contributed by atoms with Crippen molar-refractivity contribution in [1.29, 1.82) is 0 Å². The molecule has 3 heterocycles. The Bertz CT molecular complexity index is 598. The van der Waals surface area contributed by atoms with Crippen LogP contribution in [-0.4, -0.2) is 53.2 Å². The van der Waals surface area contributed by atoms with Gasteiger partial charge in [0.15, 0.2) is 0 Å². The van der Waals surface area contributed by atoms with E-state index in [0.717, 1.165) is 0 Å². The van der Waals surface area contributed by atoms with Crippen molar-refractivity contribution in [3.63, 3.8) is 0 Å². The number of nitrogens with zero attached hydrogens (tertiary/aromatic N) is 5. The van der Waals surface area contributed by atoms with Gasteiger partial charge in [-0.25, -0.2) is 9.48 Å². The summed E-state index contributed by atoms with van der Waals surface area (Å²) in [5.41, 5.74) is 0.0630. The van der Waals surface area contributed by atoms with Crippen LogP contribution in [0.2, 0.25) is 0 Å². The Hall–Kier alpha value is -1.55. The van der Waals surface area contributed by atoms with Crippen molar-refractivity contribution in [2.75, 3.05) is 5.75 Å². The van der Waals surface area contributed by atoms with Crippen LogP contribution in [0, 0.1) is 0 Å². The lowest BCUT2D eigenvalue weighted by molar-refractivity contribution is -0.146. The normalized spacial score (nSPS) is 22.3. The zero-order chi connectivity index (χ0) is 13.6. The summed E-state index contributed by atoms with van der Waals surface area (Å²) >= 11 is 2.75. The first-order chi connectivity index (χ1) is 9.08. The smallest absolute Gasteiger partial charge is 0.353 e. The van der Waals surface area contributed by atoms with Crippen LogP contribution in [0.4, 0.5) is 0 Å². The van der Waals surface area contributed by atoms with Crippen LogP contribution >= 0.6 is 23.5 Å². The third kappa shape index (κ3) is 2.00. The number of β-lactam (4-membered cyclic amide) rings is 1. The summed E-state index contributed by atoms with van der Waals surface area (Å²) in [6, 6.07) is 0. The third-order valence-electron chi connectivity index (χ3n) is 2.82. The number of aromatic nitrogens is 4. The molecular formula is C9H9N5O3S2. The molecule has 1 amide bonds. The van der Waals surface area contributed by atoms with Gasteiger partial charge in [-0.1, -0.05) is 0 Å². The number of thioether (sulfide) groups is 2. The zero-order valence-corrected chi connectivity index (χ0v) is 11.4. The quantitative estimate of drug-likeness (QED) is 0.772. The number of aryl methyl sites for hydroxylation is 1. The summed E-state index contributed by atoms with van der Waals surface area (Å²) in [5.74, 6) is -0.687. The summed E-state index contributed by atoms with van der Waals surface area (Å²) in [4.78, 5) is 24.9. The first-order valence-electron chi connectivity index (χ1n) is 5.38. The first-order valence-corrected chi connectivity index (χ1v) is 7.24. The largest absolute Gasteiger partial charge is 0.477 e. The Morgan fingerprint density at radius 3 is 2.95 bits per heavy atom. The SMILES string of the molecule is Cn1nnnc1SC1=C(C(=O)O)N2C(=O)C[C@H]2SC1. The molecule has 0 radical (unpaired) electrons. The molecule has 0 aliphatic carbocycles. The van der Waals surface area contributed by atoms with Crippen molar-refractivity contribution >= 4 is 35.4 Å². The third-order valence-corrected chi connectivity index (χ3v) is 5.33. The maximum atomic E-state index is 11.6. The van der Waals surface area contributed by atoms with Crippen LogP contribution in [0.1, 0.15) is 6.42 Å². The van der Waals surface area contributed by atoms with E-state index in [9.17, 15) is 14.7 Å². The molecule has 1 fully saturated rings. The lowest BCUT2D eigenvalue weighted by atomic mass is 10.1. The van der Waals surface area contributed by atoms with Crippen molar-refractivity contribution in [2.45, 2.75) is 17.0 Å². The van der Waals surface area contributed by atoms with Gasteiger partial charge in [0.05, 0.1) is 11.8 Å². The fourth-order valence-corrected chi connectivity index (χ4v) is 4.18. The minimum absolute atomic E-state index is 0.0411. The van der Waals surface area contributed by atoms with E-state index < -0.39 is 5.97 Å². The fraction of sp³-hybridized carbons (Fsp3) is 0.444. The highest BCUT2D eigenvalue weighted by molar-refractivity contribution is 8.06. The summed E-state index contributed by atoms with van der Waals surface area (Å²) in [7, 11) is 1.68. The van der Waals surface area contributed by atoms with E-state index in [0.29, 0.717) is 22.2 Å². The number of hydrogen-bond acceptors (Lipinski definition) is 7. The molecule has 1 N–H and O–H groups in total. The Kier molecular flexibility index (Phi) is 2.97. The van der Waals surface area contributed by atoms with Crippen LogP contribution in [-0.2, 0) is 16.6 Å². The molecular weight excluding hydrogens is 290 g/mol. The summed E-state index contributed by atoms with van der Waals surface area (Å²) in [6.07, 6.45) is 0.408. The molecule has 0 saturated carbocycles. The second kappa shape index (κ2) is 4.53. The minimum atomic E-state index is -1.09. The molecule has 0 spiro atoms. The Morgan fingerprint density at radius 2 is 2.37 bits per heavy atom. The number of tetrazole rings is 1. The predicted molar refractivity (Wildman–Crippen MR) is 67.0 cm³/mol. The molecule has 1 atom stereocenters. The predicted octanol–water partition coefficient (Wildman–Crippen LogP) is -0.0964. The summed E-state index contributed by atoms with van der Waals surface area (Å²) < 4.78 is 1.46. The van der Waals surface area contributed by atoms with E-state index >= 15 is 0 Å². The Labute approximate surface area is 116 Å². The number of fused-ring (bicyclic) bond motifs is 1. The summed E-state index contributed by atoms with van der Waals surface area (Å²) in [6.45, 7) is 0. The number of amides is 1. The maximum Gasteiger partial charge on any atom is 0.353 e. The highest BCUT2D eigenvalue weighted by Gasteiger charge is 2.45. The highest BCUT2D eigenvalue weighted by atomic mass is 32.2. The number of carbonyl (C=O) groups excluding carboxylic acids is 1. The Balaban J connectivity index is 1.96. The van der Waals surface area contributed by atoms with Crippen LogP contribution in [0.15, 0.2) is 15.8 Å². The van der Waals surface area contributed by atoms with Crippen molar-refractivity contribution in [3.05, 3.63) is 10.6 Å². The van der Waals surface area contributed by atoms with Gasteiger partial charge in [-0.3, -0.25) is 9.69 Å². The number of rotatable bonds is 3. The van der Waals surface area contributed by atoms with Gasteiger partial charge in [0.25, 0.3) is 0 Å². The zero-order valence-electron chi connectivity index (χ0n) is 9.81. The number of carbonyl (C=O) groups is 2. The molecule has 2 aliphatic heterocycles. The average molecular weight is 299 g/mol. The average Bonchev–Trinajstić information content (AvgIpc) is 2.75. The van der Waals surface area contributed by atoms with Gasteiger partial charge < -0.3 is 5.11 Å². The van der Waals surface area contributed by atoms with Gasteiger partial charge in [0.1, 0.15) is 5.70 Å².